The summed E-state index contributed by atoms with van der Waals surface area (Å²) in [5, 5.41) is 14.1. The van der Waals surface area contributed by atoms with Crippen molar-refractivity contribution >= 4 is 11.6 Å². The van der Waals surface area contributed by atoms with E-state index in [1.165, 1.54) is 31.5 Å². The highest BCUT2D eigenvalue weighted by atomic mass is 19.1. The SMILES string of the molecule is COc1ccc(C(=O)Cn2ccc([N+](=O)[O-])n2)cc1F. The van der Waals surface area contributed by atoms with Gasteiger partial charge in [0.1, 0.15) is 6.54 Å². The van der Waals surface area contributed by atoms with Crippen LogP contribution in [0, 0.1) is 15.9 Å². The van der Waals surface area contributed by atoms with Gasteiger partial charge in [-0.15, -0.1) is 0 Å². The van der Waals surface area contributed by atoms with E-state index in [0.717, 1.165) is 10.7 Å². The Kier molecular flexibility index (Phi) is 3.74. The second-order valence-electron chi connectivity index (χ2n) is 3.90. The lowest BCUT2D eigenvalue weighted by molar-refractivity contribution is -0.389. The molecule has 0 aliphatic carbocycles. The zero-order valence-corrected chi connectivity index (χ0v) is 10.4. The van der Waals surface area contributed by atoms with E-state index in [0.29, 0.717) is 0 Å². The van der Waals surface area contributed by atoms with E-state index in [4.69, 9.17) is 4.74 Å². The lowest BCUT2D eigenvalue weighted by Crippen LogP contribution is -2.11. The van der Waals surface area contributed by atoms with Crippen LogP contribution in [0.25, 0.3) is 0 Å². The molecule has 0 bridgehead atoms. The smallest absolute Gasteiger partial charge is 0.389 e. The molecule has 2 rings (SSSR count). The first kappa shape index (κ1) is 13.7. The molecule has 20 heavy (non-hydrogen) atoms. The van der Waals surface area contributed by atoms with Crippen LogP contribution in [0.3, 0.4) is 0 Å². The van der Waals surface area contributed by atoms with Crippen LogP contribution in [0.2, 0.25) is 0 Å². The number of ketones is 1. The van der Waals surface area contributed by atoms with Crippen LogP contribution in [0.4, 0.5) is 10.2 Å². The van der Waals surface area contributed by atoms with E-state index in [-0.39, 0.29) is 23.7 Å². The fourth-order valence-electron chi connectivity index (χ4n) is 1.61. The van der Waals surface area contributed by atoms with E-state index in [1.54, 1.807) is 0 Å². The molecule has 0 atom stereocenters. The van der Waals surface area contributed by atoms with Gasteiger partial charge in [0.05, 0.1) is 24.5 Å². The molecule has 0 aliphatic rings. The van der Waals surface area contributed by atoms with Crippen LogP contribution in [0.1, 0.15) is 10.4 Å². The summed E-state index contributed by atoms with van der Waals surface area (Å²) >= 11 is 0. The zero-order valence-electron chi connectivity index (χ0n) is 10.4. The van der Waals surface area contributed by atoms with Gasteiger partial charge in [-0.05, 0) is 23.1 Å². The Morgan fingerprint density at radius 3 is 2.80 bits per heavy atom. The van der Waals surface area contributed by atoms with Crippen molar-refractivity contribution in [3.63, 3.8) is 0 Å². The van der Waals surface area contributed by atoms with Gasteiger partial charge in [-0.1, -0.05) is 0 Å². The van der Waals surface area contributed by atoms with Gasteiger partial charge in [0.2, 0.25) is 0 Å². The first-order valence-electron chi connectivity index (χ1n) is 5.56. The molecule has 0 spiro atoms. The number of nitro groups is 1. The highest BCUT2D eigenvalue weighted by Crippen LogP contribution is 2.18. The lowest BCUT2D eigenvalue weighted by atomic mass is 10.1. The average molecular weight is 279 g/mol. The number of hydrogen-bond donors (Lipinski definition) is 0. The van der Waals surface area contributed by atoms with Crippen LogP contribution >= 0.6 is 0 Å². The summed E-state index contributed by atoms with van der Waals surface area (Å²) in [6.07, 6.45) is 1.32. The molecule has 0 aliphatic heterocycles. The number of halogens is 1. The van der Waals surface area contributed by atoms with Crippen molar-refractivity contribution in [1.29, 1.82) is 0 Å². The van der Waals surface area contributed by atoms with E-state index in [9.17, 15) is 19.3 Å². The molecule has 1 heterocycles. The van der Waals surface area contributed by atoms with Crippen molar-refractivity contribution in [3.8, 4) is 5.75 Å². The van der Waals surface area contributed by atoms with Crippen LogP contribution < -0.4 is 4.74 Å². The fourth-order valence-corrected chi connectivity index (χ4v) is 1.61. The molecule has 1 aromatic heterocycles. The fraction of sp³-hybridized carbons (Fsp3) is 0.167. The number of rotatable bonds is 5. The monoisotopic (exact) mass is 279 g/mol. The van der Waals surface area contributed by atoms with Crippen molar-refractivity contribution in [3.05, 3.63) is 52.0 Å². The van der Waals surface area contributed by atoms with Gasteiger partial charge in [0, 0.05) is 5.56 Å². The highest BCUT2D eigenvalue weighted by molar-refractivity contribution is 5.96. The van der Waals surface area contributed by atoms with Crippen molar-refractivity contribution in [2.45, 2.75) is 6.54 Å². The third kappa shape index (κ3) is 2.79. The third-order valence-electron chi connectivity index (χ3n) is 2.59. The molecule has 0 fully saturated rings. The maximum absolute atomic E-state index is 13.5. The van der Waals surface area contributed by atoms with Crippen LogP contribution in [-0.4, -0.2) is 27.6 Å². The van der Waals surface area contributed by atoms with Gasteiger partial charge in [-0.25, -0.2) is 4.39 Å². The van der Waals surface area contributed by atoms with Gasteiger partial charge < -0.3 is 14.9 Å². The third-order valence-corrected chi connectivity index (χ3v) is 2.59. The molecule has 0 amide bonds. The summed E-state index contributed by atoms with van der Waals surface area (Å²) in [6, 6.07) is 5.00. The van der Waals surface area contributed by atoms with Crippen molar-refractivity contribution in [2.75, 3.05) is 7.11 Å². The Morgan fingerprint density at radius 1 is 1.50 bits per heavy atom. The topological polar surface area (TPSA) is 87.3 Å². The van der Waals surface area contributed by atoms with Crippen LogP contribution in [-0.2, 0) is 6.54 Å². The van der Waals surface area contributed by atoms with Crippen molar-refractivity contribution < 1.29 is 18.8 Å². The van der Waals surface area contributed by atoms with Crippen LogP contribution in [0.15, 0.2) is 30.5 Å². The standard InChI is InChI=1S/C12H10FN3O4/c1-20-11-3-2-8(6-9(11)13)10(17)7-15-5-4-12(14-15)16(18)19/h2-6H,7H2,1H3. The number of benzene rings is 1. The predicted molar refractivity (Wildman–Crippen MR) is 66.2 cm³/mol. The number of carbonyl (C=O) groups is 1. The van der Waals surface area contributed by atoms with Gasteiger partial charge in [-0.2, -0.15) is 4.68 Å². The maximum atomic E-state index is 13.5. The Hall–Kier alpha value is -2.77. The van der Waals surface area contributed by atoms with E-state index in [2.05, 4.69) is 5.10 Å². The Morgan fingerprint density at radius 2 is 2.25 bits per heavy atom. The quantitative estimate of drug-likeness (QED) is 0.473. The second kappa shape index (κ2) is 5.47. The zero-order chi connectivity index (χ0) is 14.7. The Bertz CT molecular complexity index is 668. The predicted octanol–water partition coefficient (Wildman–Crippen LogP) is 1.82. The molecular weight excluding hydrogens is 269 g/mol. The first-order valence-corrected chi connectivity index (χ1v) is 5.56. The molecular formula is C12H10FN3O4. The number of hydrogen-bond acceptors (Lipinski definition) is 5. The minimum absolute atomic E-state index is 0.0382. The van der Waals surface area contributed by atoms with E-state index >= 15 is 0 Å². The molecule has 0 radical (unpaired) electrons. The van der Waals surface area contributed by atoms with Gasteiger partial charge in [0.15, 0.2) is 17.3 Å². The molecule has 8 heteroatoms. The highest BCUT2D eigenvalue weighted by Gasteiger charge is 2.15. The van der Waals surface area contributed by atoms with Crippen molar-refractivity contribution in [2.24, 2.45) is 0 Å². The molecule has 104 valence electrons. The number of methoxy groups -OCH3 is 1. The van der Waals surface area contributed by atoms with Gasteiger partial charge >= 0.3 is 5.82 Å². The minimum Gasteiger partial charge on any atom is -0.494 e. The average Bonchev–Trinajstić information content (AvgIpc) is 2.87. The van der Waals surface area contributed by atoms with Gasteiger partial charge in [-0.3, -0.25) is 4.79 Å². The molecule has 7 nitrogen and oxygen atoms in total. The number of aromatic nitrogens is 2. The molecule has 1 aromatic carbocycles. The molecule has 0 unspecified atom stereocenters. The molecule has 2 aromatic rings. The molecule has 0 N–H and O–H groups in total. The molecule has 0 saturated carbocycles. The molecule has 0 saturated heterocycles. The number of nitrogens with zero attached hydrogens (tertiary/aromatic N) is 3. The summed E-state index contributed by atoms with van der Waals surface area (Å²) in [5.74, 6) is -1.37. The lowest BCUT2D eigenvalue weighted by Gasteiger charge is -2.03. The van der Waals surface area contributed by atoms with Crippen molar-refractivity contribution in [1.82, 2.24) is 9.78 Å². The second-order valence-corrected chi connectivity index (χ2v) is 3.90. The summed E-state index contributed by atoms with van der Waals surface area (Å²) < 4.78 is 19.3. The van der Waals surface area contributed by atoms with Gasteiger partial charge in [0.25, 0.3) is 0 Å². The van der Waals surface area contributed by atoms with Crippen LogP contribution in [0.5, 0.6) is 5.75 Å². The summed E-state index contributed by atoms with van der Waals surface area (Å²) in [7, 11) is 1.32. The Balaban J connectivity index is 2.15. The van der Waals surface area contributed by atoms with E-state index in [1.807, 2.05) is 0 Å². The maximum Gasteiger partial charge on any atom is 0.389 e. The minimum atomic E-state index is -0.659. The van der Waals surface area contributed by atoms with E-state index < -0.39 is 16.5 Å². The Labute approximate surface area is 112 Å². The summed E-state index contributed by atoms with van der Waals surface area (Å²) in [4.78, 5) is 21.7. The number of ether oxygens (including phenoxy) is 1. The largest absolute Gasteiger partial charge is 0.494 e. The normalized spacial score (nSPS) is 10.3. The summed E-state index contributed by atoms with van der Waals surface area (Å²) in [5.41, 5.74) is 0.140. The number of carbonyl (C=O) groups excluding carboxylic acids is 1. The summed E-state index contributed by atoms with van der Waals surface area (Å²) in [6.45, 7) is -0.209. The number of Topliss-reactive ketones (excluding diaryl/α,β-unsaturated/α-hetero) is 1. The first-order chi connectivity index (χ1) is 9.51.